The summed E-state index contributed by atoms with van der Waals surface area (Å²) in [6, 6.07) is 0. The zero-order valence-corrected chi connectivity index (χ0v) is 11.5. The molecule has 0 radical (unpaired) electrons. The van der Waals surface area contributed by atoms with Crippen molar-refractivity contribution in [3.63, 3.8) is 0 Å². The van der Waals surface area contributed by atoms with E-state index in [1.165, 1.54) is 12.8 Å². The van der Waals surface area contributed by atoms with E-state index in [4.69, 9.17) is 0 Å². The molecule has 1 aliphatic heterocycles. The molecule has 0 fully saturated rings. The number of rotatable bonds is 5. The fourth-order valence-corrected chi connectivity index (χ4v) is 2.30. The number of hydrogen-bond donors (Lipinski definition) is 0. The second-order valence-corrected chi connectivity index (χ2v) is 5.73. The van der Waals surface area contributed by atoms with Gasteiger partial charge in [-0.1, -0.05) is 41.0 Å². The molecule has 0 N–H and O–H groups in total. The Morgan fingerprint density at radius 2 is 1.81 bits per heavy atom. The van der Waals surface area contributed by atoms with E-state index in [0.717, 1.165) is 19.5 Å². The molecule has 1 aliphatic rings. The Balaban J connectivity index is 2.68. The van der Waals surface area contributed by atoms with Gasteiger partial charge >= 0.3 is 0 Å². The molecule has 3 nitrogen and oxygen atoms in total. The first-order chi connectivity index (χ1) is 7.50. The van der Waals surface area contributed by atoms with Crippen LogP contribution in [-0.2, 0) is 0 Å². The van der Waals surface area contributed by atoms with Crippen molar-refractivity contribution in [1.82, 2.24) is 9.91 Å². The van der Waals surface area contributed by atoms with Gasteiger partial charge in [0.05, 0.1) is 0 Å². The highest BCUT2D eigenvalue weighted by Crippen LogP contribution is 2.30. The largest absolute Gasteiger partial charge is 0.339 e. The normalized spacial score (nSPS) is 20.9. The van der Waals surface area contributed by atoms with Crippen LogP contribution in [-0.4, -0.2) is 35.5 Å². The molecule has 0 aromatic carbocycles. The van der Waals surface area contributed by atoms with Gasteiger partial charge in [0.25, 0.3) is 0 Å². The van der Waals surface area contributed by atoms with Crippen molar-refractivity contribution >= 4 is 6.34 Å². The highest BCUT2D eigenvalue weighted by Gasteiger charge is 2.36. The van der Waals surface area contributed by atoms with Crippen LogP contribution in [0.5, 0.6) is 0 Å². The van der Waals surface area contributed by atoms with Gasteiger partial charge in [-0.2, -0.15) is 5.10 Å². The first-order valence-electron chi connectivity index (χ1n) is 6.57. The van der Waals surface area contributed by atoms with Gasteiger partial charge in [0, 0.05) is 18.5 Å². The zero-order valence-electron chi connectivity index (χ0n) is 11.5. The van der Waals surface area contributed by atoms with Crippen LogP contribution >= 0.6 is 0 Å². The lowest BCUT2D eigenvalue weighted by molar-refractivity contribution is 0.0361. The summed E-state index contributed by atoms with van der Waals surface area (Å²) in [4.78, 5) is 2.40. The average Bonchev–Trinajstić information content (AvgIpc) is 2.58. The lowest BCUT2D eigenvalue weighted by Gasteiger charge is -2.39. The van der Waals surface area contributed by atoms with Gasteiger partial charge in [0.1, 0.15) is 12.5 Å². The molecule has 94 valence electrons. The van der Waals surface area contributed by atoms with E-state index in [1.807, 2.05) is 6.34 Å². The Kier molecular flexibility index (Phi) is 4.63. The van der Waals surface area contributed by atoms with Gasteiger partial charge < -0.3 is 4.90 Å². The second-order valence-electron chi connectivity index (χ2n) is 5.73. The van der Waals surface area contributed by atoms with Gasteiger partial charge in [-0.15, -0.1) is 0 Å². The Bertz CT molecular complexity index is 230. The summed E-state index contributed by atoms with van der Waals surface area (Å²) in [5.41, 5.74) is 0.249. The average molecular weight is 225 g/mol. The molecule has 0 aromatic heterocycles. The summed E-state index contributed by atoms with van der Waals surface area (Å²) < 4.78 is 0. The lowest BCUT2D eigenvalue weighted by atomic mass is 9.91. The molecule has 0 saturated carbocycles. The van der Waals surface area contributed by atoms with Crippen molar-refractivity contribution in [2.45, 2.75) is 60.0 Å². The molecule has 0 saturated heterocycles. The van der Waals surface area contributed by atoms with E-state index in [-0.39, 0.29) is 5.41 Å². The highest BCUT2D eigenvalue weighted by atomic mass is 15.6. The molecule has 0 aliphatic carbocycles. The maximum Gasteiger partial charge on any atom is 0.124 e. The van der Waals surface area contributed by atoms with Crippen molar-refractivity contribution < 1.29 is 0 Å². The first-order valence-corrected chi connectivity index (χ1v) is 6.57. The molecular weight excluding hydrogens is 198 g/mol. The number of hydrogen-bond acceptors (Lipinski definition) is 3. The highest BCUT2D eigenvalue weighted by molar-refractivity contribution is 5.57. The quantitative estimate of drug-likeness (QED) is 0.716. The van der Waals surface area contributed by atoms with E-state index in [0.29, 0.717) is 6.17 Å². The summed E-state index contributed by atoms with van der Waals surface area (Å²) in [5.74, 6) is 0. The number of nitrogens with zero attached hydrogens (tertiary/aromatic N) is 3. The minimum Gasteiger partial charge on any atom is -0.339 e. The summed E-state index contributed by atoms with van der Waals surface area (Å²) in [6.45, 7) is 13.5. The Morgan fingerprint density at radius 3 is 2.31 bits per heavy atom. The number of hydrazone groups is 1. The number of unbranched alkanes of at least 4 members (excludes halogenated alkanes) is 1. The predicted octanol–water partition coefficient (Wildman–Crippen LogP) is 3.13. The van der Waals surface area contributed by atoms with Crippen LogP contribution in [0.25, 0.3) is 0 Å². The fourth-order valence-electron chi connectivity index (χ4n) is 2.30. The van der Waals surface area contributed by atoms with E-state index in [9.17, 15) is 0 Å². The van der Waals surface area contributed by atoms with Crippen molar-refractivity contribution in [1.29, 1.82) is 0 Å². The Morgan fingerprint density at radius 1 is 1.12 bits per heavy atom. The molecule has 1 unspecified atom stereocenters. The lowest BCUT2D eigenvalue weighted by Crippen LogP contribution is -2.49. The summed E-state index contributed by atoms with van der Waals surface area (Å²) in [7, 11) is 0. The summed E-state index contributed by atoms with van der Waals surface area (Å²) >= 11 is 0. The third kappa shape index (κ3) is 3.13. The van der Waals surface area contributed by atoms with Crippen LogP contribution in [0.15, 0.2) is 5.10 Å². The van der Waals surface area contributed by atoms with Crippen molar-refractivity contribution in [2.24, 2.45) is 10.5 Å². The van der Waals surface area contributed by atoms with Gasteiger partial charge in [0.15, 0.2) is 0 Å². The molecular formula is C13H27N3. The molecule has 3 heteroatoms. The van der Waals surface area contributed by atoms with E-state index in [2.05, 4.69) is 49.6 Å². The molecule has 1 atom stereocenters. The van der Waals surface area contributed by atoms with Crippen LogP contribution in [0.3, 0.4) is 0 Å². The predicted molar refractivity (Wildman–Crippen MR) is 70.3 cm³/mol. The molecule has 0 spiro atoms. The maximum atomic E-state index is 4.54. The van der Waals surface area contributed by atoms with Gasteiger partial charge in [-0.25, -0.2) is 0 Å². The summed E-state index contributed by atoms with van der Waals surface area (Å²) in [6.07, 6.45) is 6.11. The third-order valence-corrected chi connectivity index (χ3v) is 2.94. The van der Waals surface area contributed by atoms with E-state index in [1.54, 1.807) is 0 Å². The SMILES string of the molecule is CCCCN1C=NN(CCC)C1C(C)(C)C. The minimum absolute atomic E-state index is 0.249. The van der Waals surface area contributed by atoms with Gasteiger partial charge in [-0.05, 0) is 12.8 Å². The summed E-state index contributed by atoms with van der Waals surface area (Å²) in [5, 5.41) is 6.79. The van der Waals surface area contributed by atoms with Crippen LogP contribution < -0.4 is 0 Å². The maximum absolute atomic E-state index is 4.54. The zero-order chi connectivity index (χ0) is 12.2. The smallest absolute Gasteiger partial charge is 0.124 e. The second kappa shape index (κ2) is 5.55. The monoisotopic (exact) mass is 225 g/mol. The topological polar surface area (TPSA) is 18.8 Å². The Labute approximate surface area is 100 Å². The van der Waals surface area contributed by atoms with Crippen LogP contribution in [0.4, 0.5) is 0 Å². The standard InChI is InChI=1S/C13H27N3/c1-6-8-10-15-11-14-16(9-7-2)12(15)13(3,4)5/h11-12H,6-10H2,1-5H3. The van der Waals surface area contributed by atoms with Crippen LogP contribution in [0.1, 0.15) is 53.9 Å². The third-order valence-electron chi connectivity index (χ3n) is 2.94. The van der Waals surface area contributed by atoms with Crippen LogP contribution in [0, 0.1) is 5.41 Å². The molecule has 0 amide bonds. The first kappa shape index (κ1) is 13.3. The van der Waals surface area contributed by atoms with Gasteiger partial charge in [-0.3, -0.25) is 5.01 Å². The molecule has 1 heterocycles. The molecule has 0 bridgehead atoms. The Hall–Kier alpha value is -0.730. The van der Waals surface area contributed by atoms with E-state index >= 15 is 0 Å². The fraction of sp³-hybridized carbons (Fsp3) is 0.923. The molecule has 1 rings (SSSR count). The van der Waals surface area contributed by atoms with Crippen molar-refractivity contribution in [2.75, 3.05) is 13.1 Å². The van der Waals surface area contributed by atoms with Crippen molar-refractivity contribution in [3.8, 4) is 0 Å². The minimum atomic E-state index is 0.249. The van der Waals surface area contributed by atoms with Crippen molar-refractivity contribution in [3.05, 3.63) is 0 Å². The molecule has 16 heavy (non-hydrogen) atoms. The molecule has 0 aromatic rings. The van der Waals surface area contributed by atoms with Gasteiger partial charge in [0.2, 0.25) is 0 Å². The van der Waals surface area contributed by atoms with E-state index < -0.39 is 0 Å². The van der Waals surface area contributed by atoms with Crippen LogP contribution in [0.2, 0.25) is 0 Å².